The number of ether oxygens (including phenoxy) is 1. The zero-order valence-corrected chi connectivity index (χ0v) is 19.8. The molecule has 2 atom stereocenters. The number of rotatable bonds is 5. The number of nitrogens with zero attached hydrogens (tertiary/aromatic N) is 4. The number of imidazole rings is 1. The van der Waals surface area contributed by atoms with E-state index in [1.807, 2.05) is 22.7 Å². The van der Waals surface area contributed by atoms with Gasteiger partial charge in [-0.2, -0.15) is 0 Å². The summed E-state index contributed by atoms with van der Waals surface area (Å²) in [5.41, 5.74) is 8.99. The number of nitrogens with two attached hydrogens (primary N) is 1. The fraction of sp³-hybridized carbons (Fsp3) is 0.250. The maximum absolute atomic E-state index is 12.7. The van der Waals surface area contributed by atoms with E-state index < -0.39 is 0 Å². The first-order valence-electron chi connectivity index (χ1n) is 10.9. The van der Waals surface area contributed by atoms with Crippen molar-refractivity contribution in [2.45, 2.75) is 24.9 Å². The van der Waals surface area contributed by atoms with Crippen molar-refractivity contribution in [1.82, 2.24) is 19.4 Å². The molecule has 0 spiro atoms. The van der Waals surface area contributed by atoms with E-state index in [0.29, 0.717) is 34.1 Å². The van der Waals surface area contributed by atoms with Gasteiger partial charge in [-0.15, -0.1) is 0 Å². The number of nitrogens with one attached hydrogen (secondary N) is 1. The molecule has 0 aliphatic carbocycles. The van der Waals surface area contributed by atoms with Gasteiger partial charge in [-0.25, -0.2) is 15.0 Å². The monoisotopic (exact) mass is 522 g/mol. The van der Waals surface area contributed by atoms with E-state index in [1.54, 1.807) is 36.5 Å². The number of carbonyl (C=O) groups is 1. The third-order valence-corrected chi connectivity index (χ3v) is 6.37. The Hall–Kier alpha value is -3.34. The van der Waals surface area contributed by atoms with Gasteiger partial charge in [0.05, 0.1) is 19.3 Å². The Morgan fingerprint density at radius 3 is 2.74 bits per heavy atom. The number of hydrogen-bond donors (Lipinski definition) is 3. The molecule has 34 heavy (non-hydrogen) atoms. The molecule has 1 amide bonds. The van der Waals surface area contributed by atoms with E-state index in [-0.39, 0.29) is 24.5 Å². The van der Waals surface area contributed by atoms with Crippen molar-refractivity contribution in [2.24, 2.45) is 0 Å². The van der Waals surface area contributed by atoms with Gasteiger partial charge in [0.2, 0.25) is 0 Å². The average Bonchev–Trinajstić information content (AvgIpc) is 3.25. The highest BCUT2D eigenvalue weighted by molar-refractivity contribution is 9.10. The third-order valence-electron chi connectivity index (χ3n) is 5.93. The lowest BCUT2D eigenvalue weighted by Gasteiger charge is -2.27. The van der Waals surface area contributed by atoms with Crippen molar-refractivity contribution >= 4 is 39.0 Å². The summed E-state index contributed by atoms with van der Waals surface area (Å²) in [5, 5.41) is 12.2. The van der Waals surface area contributed by atoms with Gasteiger partial charge < -0.3 is 20.9 Å². The van der Waals surface area contributed by atoms with Crippen LogP contribution in [-0.4, -0.2) is 49.7 Å². The fourth-order valence-electron chi connectivity index (χ4n) is 4.18. The molecule has 10 heteroatoms. The molecule has 4 aromatic rings. The molecular formula is C24H23BrN6O3. The zero-order chi connectivity index (χ0) is 23.7. The van der Waals surface area contributed by atoms with Crippen molar-refractivity contribution in [3.63, 3.8) is 0 Å². The molecule has 4 N–H and O–H groups in total. The van der Waals surface area contributed by atoms with Crippen LogP contribution in [0.2, 0.25) is 0 Å². The number of pyridine rings is 1. The number of carbonyl (C=O) groups excluding carboxylic acids is 1. The number of fused-ring (bicyclic) bond motifs is 1. The Kier molecular flexibility index (Phi) is 6.27. The Morgan fingerprint density at radius 2 is 2.03 bits per heavy atom. The van der Waals surface area contributed by atoms with Crippen LogP contribution in [0.4, 0.5) is 11.6 Å². The van der Waals surface area contributed by atoms with Crippen LogP contribution in [0.1, 0.15) is 34.9 Å². The average molecular weight is 523 g/mol. The molecule has 3 aromatic heterocycles. The first-order valence-corrected chi connectivity index (χ1v) is 11.7. The molecule has 1 aliphatic heterocycles. The van der Waals surface area contributed by atoms with Crippen LogP contribution in [0.15, 0.2) is 59.5 Å². The molecule has 1 aromatic carbocycles. The number of amides is 1. The summed E-state index contributed by atoms with van der Waals surface area (Å²) in [7, 11) is 0. The number of aliphatic hydroxyl groups is 1. The van der Waals surface area contributed by atoms with Crippen molar-refractivity contribution in [1.29, 1.82) is 0 Å². The van der Waals surface area contributed by atoms with Crippen LogP contribution in [0, 0.1) is 0 Å². The van der Waals surface area contributed by atoms with Gasteiger partial charge >= 0.3 is 0 Å². The predicted molar refractivity (Wildman–Crippen MR) is 132 cm³/mol. The molecular weight excluding hydrogens is 500 g/mol. The third kappa shape index (κ3) is 4.39. The Morgan fingerprint density at radius 1 is 1.21 bits per heavy atom. The summed E-state index contributed by atoms with van der Waals surface area (Å²) >= 11 is 3.30. The topological polar surface area (TPSA) is 128 Å². The van der Waals surface area contributed by atoms with E-state index >= 15 is 0 Å². The minimum atomic E-state index is -0.258. The number of aliphatic hydroxyl groups excluding tert-OH is 1. The standard InChI is InChI=1S/C24H23BrN6O3/c25-18-2-1-3-19(28-18)29-24(33)15-6-4-14(5-7-15)20-21-22(26)27-10-11-31(21)23(30-20)16-8-9-17(12-32)34-13-16/h1-7,10-11,16-17,32H,8-9,12-13H2,(H2,26,27)(H,28,29,33). The first-order chi connectivity index (χ1) is 16.5. The summed E-state index contributed by atoms with van der Waals surface area (Å²) in [6, 6.07) is 12.5. The Labute approximate surface area is 204 Å². The van der Waals surface area contributed by atoms with E-state index in [1.165, 1.54) is 0 Å². The lowest BCUT2D eigenvalue weighted by atomic mass is 9.98. The fourth-order valence-corrected chi connectivity index (χ4v) is 4.52. The molecule has 4 heterocycles. The van der Waals surface area contributed by atoms with Crippen LogP contribution in [0.3, 0.4) is 0 Å². The van der Waals surface area contributed by atoms with Gasteiger partial charge in [-0.1, -0.05) is 18.2 Å². The molecule has 1 saturated heterocycles. The summed E-state index contributed by atoms with van der Waals surface area (Å²) in [4.78, 5) is 26.1. The van der Waals surface area contributed by atoms with Crippen molar-refractivity contribution in [3.8, 4) is 11.3 Å². The van der Waals surface area contributed by atoms with E-state index in [2.05, 4.69) is 31.2 Å². The van der Waals surface area contributed by atoms with E-state index in [9.17, 15) is 9.90 Å². The maximum Gasteiger partial charge on any atom is 0.256 e. The summed E-state index contributed by atoms with van der Waals surface area (Å²) in [6.07, 6.45) is 5.00. The number of halogens is 1. The molecule has 5 rings (SSSR count). The highest BCUT2D eigenvalue weighted by Gasteiger charge is 2.27. The van der Waals surface area contributed by atoms with Crippen LogP contribution in [-0.2, 0) is 4.74 Å². The lowest BCUT2D eigenvalue weighted by Crippen LogP contribution is -2.28. The second-order valence-electron chi connectivity index (χ2n) is 8.14. The van der Waals surface area contributed by atoms with Gasteiger partial charge in [0, 0.05) is 29.4 Å². The summed E-state index contributed by atoms with van der Waals surface area (Å²) in [5.74, 6) is 1.51. The molecule has 0 saturated carbocycles. The molecule has 174 valence electrons. The van der Waals surface area contributed by atoms with Crippen LogP contribution in [0.5, 0.6) is 0 Å². The quantitative estimate of drug-likeness (QED) is 0.341. The van der Waals surface area contributed by atoms with Crippen molar-refractivity contribution in [2.75, 3.05) is 24.3 Å². The van der Waals surface area contributed by atoms with Crippen LogP contribution < -0.4 is 11.1 Å². The summed E-state index contributed by atoms with van der Waals surface area (Å²) in [6.45, 7) is 0.503. The Balaban J connectivity index is 1.44. The van der Waals surface area contributed by atoms with Gasteiger partial charge in [0.25, 0.3) is 5.91 Å². The highest BCUT2D eigenvalue weighted by Crippen LogP contribution is 2.34. The zero-order valence-electron chi connectivity index (χ0n) is 18.2. The molecule has 2 unspecified atom stereocenters. The minimum absolute atomic E-state index is 0.0225. The van der Waals surface area contributed by atoms with Gasteiger partial charge in [0.1, 0.15) is 33.3 Å². The normalized spacial score (nSPS) is 18.2. The van der Waals surface area contributed by atoms with Gasteiger partial charge in [-0.05, 0) is 53.0 Å². The SMILES string of the molecule is Nc1nccn2c(C3CCC(CO)OC3)nc(-c3ccc(C(=O)Nc4cccc(Br)n4)cc3)c12. The van der Waals surface area contributed by atoms with Gasteiger partial charge in [0.15, 0.2) is 0 Å². The van der Waals surface area contributed by atoms with Crippen molar-refractivity contribution < 1.29 is 14.6 Å². The number of anilines is 2. The number of nitrogen functional groups attached to an aromatic ring is 1. The Bertz CT molecular complexity index is 1330. The molecule has 9 nitrogen and oxygen atoms in total. The van der Waals surface area contributed by atoms with Crippen LogP contribution >= 0.6 is 15.9 Å². The van der Waals surface area contributed by atoms with Crippen LogP contribution in [0.25, 0.3) is 16.8 Å². The largest absolute Gasteiger partial charge is 0.394 e. The number of benzene rings is 1. The highest BCUT2D eigenvalue weighted by atomic mass is 79.9. The second-order valence-corrected chi connectivity index (χ2v) is 8.95. The van der Waals surface area contributed by atoms with E-state index in [4.69, 9.17) is 15.5 Å². The number of aromatic nitrogens is 4. The second kappa shape index (κ2) is 9.49. The van der Waals surface area contributed by atoms with E-state index in [0.717, 1.165) is 29.7 Å². The summed E-state index contributed by atoms with van der Waals surface area (Å²) < 4.78 is 8.39. The molecule has 0 radical (unpaired) electrons. The predicted octanol–water partition coefficient (Wildman–Crippen LogP) is 3.64. The molecule has 1 aliphatic rings. The maximum atomic E-state index is 12.7. The van der Waals surface area contributed by atoms with Crippen molar-refractivity contribution in [3.05, 3.63) is 70.8 Å². The minimum Gasteiger partial charge on any atom is -0.394 e. The van der Waals surface area contributed by atoms with Gasteiger partial charge in [-0.3, -0.25) is 9.20 Å². The molecule has 0 bridgehead atoms. The lowest BCUT2D eigenvalue weighted by molar-refractivity contribution is -0.0282. The smallest absolute Gasteiger partial charge is 0.256 e. The molecule has 1 fully saturated rings. The first kappa shape index (κ1) is 22.5. The number of hydrogen-bond acceptors (Lipinski definition) is 7.